The lowest BCUT2D eigenvalue weighted by molar-refractivity contribution is -0.384. The van der Waals surface area contributed by atoms with Gasteiger partial charge in [-0.2, -0.15) is 0 Å². The van der Waals surface area contributed by atoms with Crippen molar-refractivity contribution in [3.05, 3.63) is 28.3 Å². The van der Waals surface area contributed by atoms with Crippen LogP contribution in [0.25, 0.3) is 0 Å². The summed E-state index contributed by atoms with van der Waals surface area (Å²) >= 11 is 0. The summed E-state index contributed by atoms with van der Waals surface area (Å²) in [5.74, 6) is 0.369. The molecule has 0 atom stereocenters. The van der Waals surface area contributed by atoms with Crippen LogP contribution in [-0.4, -0.2) is 23.2 Å². The zero-order valence-electron chi connectivity index (χ0n) is 11.9. The second kappa shape index (κ2) is 6.23. The van der Waals surface area contributed by atoms with Crippen molar-refractivity contribution in [3.8, 4) is 5.75 Å². The second-order valence-electron chi connectivity index (χ2n) is 5.00. The second-order valence-corrected chi connectivity index (χ2v) is 5.00. The number of hydrogen-bond donors (Lipinski definition) is 1. The maximum atomic E-state index is 11.6. The maximum Gasteiger partial charge on any atom is 0.412 e. The average Bonchev–Trinajstić information content (AvgIpc) is 2.28. The number of anilines is 1. The zero-order chi connectivity index (χ0) is 15.3. The molecule has 0 spiro atoms. The third kappa shape index (κ3) is 4.75. The van der Waals surface area contributed by atoms with Gasteiger partial charge in [0.25, 0.3) is 5.69 Å². The number of nitrogens with one attached hydrogen (secondary N) is 1. The van der Waals surface area contributed by atoms with Crippen LogP contribution >= 0.6 is 0 Å². The Morgan fingerprint density at radius 1 is 1.40 bits per heavy atom. The van der Waals surface area contributed by atoms with Crippen LogP contribution in [0.1, 0.15) is 27.7 Å². The van der Waals surface area contributed by atoms with Crippen molar-refractivity contribution in [2.75, 3.05) is 11.9 Å². The van der Waals surface area contributed by atoms with E-state index >= 15 is 0 Å². The van der Waals surface area contributed by atoms with E-state index in [-0.39, 0.29) is 11.4 Å². The van der Waals surface area contributed by atoms with Gasteiger partial charge in [-0.05, 0) is 39.8 Å². The zero-order valence-corrected chi connectivity index (χ0v) is 11.9. The monoisotopic (exact) mass is 282 g/mol. The molecule has 0 aliphatic rings. The molecule has 1 N–H and O–H groups in total. The first-order valence-corrected chi connectivity index (χ1v) is 6.14. The number of carbonyl (C=O) groups is 1. The van der Waals surface area contributed by atoms with E-state index in [2.05, 4.69) is 5.32 Å². The first-order valence-electron chi connectivity index (χ1n) is 6.14. The van der Waals surface area contributed by atoms with E-state index in [0.29, 0.717) is 12.4 Å². The Morgan fingerprint density at radius 3 is 2.55 bits per heavy atom. The lowest BCUT2D eigenvalue weighted by atomic mass is 10.2. The van der Waals surface area contributed by atoms with E-state index in [4.69, 9.17) is 9.47 Å². The average molecular weight is 282 g/mol. The molecule has 0 bridgehead atoms. The number of amides is 1. The molecule has 110 valence electrons. The minimum Gasteiger partial charge on any atom is -0.494 e. The van der Waals surface area contributed by atoms with Gasteiger partial charge in [-0.3, -0.25) is 15.4 Å². The van der Waals surface area contributed by atoms with Crippen LogP contribution in [0.15, 0.2) is 18.2 Å². The van der Waals surface area contributed by atoms with Crippen LogP contribution in [0.4, 0.5) is 16.2 Å². The van der Waals surface area contributed by atoms with Crippen molar-refractivity contribution in [2.24, 2.45) is 0 Å². The van der Waals surface area contributed by atoms with Gasteiger partial charge in [-0.25, -0.2) is 4.79 Å². The van der Waals surface area contributed by atoms with Crippen molar-refractivity contribution >= 4 is 17.5 Å². The van der Waals surface area contributed by atoms with Crippen molar-refractivity contribution < 1.29 is 19.2 Å². The Kier molecular flexibility index (Phi) is 4.90. The molecule has 0 saturated heterocycles. The molecule has 7 heteroatoms. The predicted octanol–water partition coefficient (Wildman–Crippen LogP) is 3.34. The fraction of sp³-hybridized carbons (Fsp3) is 0.462. The fourth-order valence-corrected chi connectivity index (χ4v) is 1.44. The standard InChI is InChI=1S/C13H18N2O5/c1-5-19-9-6-7-10(11(8-9)15(17)18)14-12(16)20-13(2,3)4/h6-8H,5H2,1-4H3,(H,14,16). The lowest BCUT2D eigenvalue weighted by Gasteiger charge is -2.19. The Morgan fingerprint density at radius 2 is 2.05 bits per heavy atom. The number of carbonyl (C=O) groups excluding carboxylic acids is 1. The first-order chi connectivity index (χ1) is 9.23. The highest BCUT2D eigenvalue weighted by atomic mass is 16.6. The summed E-state index contributed by atoms with van der Waals surface area (Å²) in [5.41, 5.74) is -0.862. The van der Waals surface area contributed by atoms with Gasteiger partial charge in [0.15, 0.2) is 0 Å². The van der Waals surface area contributed by atoms with Gasteiger partial charge in [0.2, 0.25) is 0 Å². The van der Waals surface area contributed by atoms with Crippen LogP contribution in [0.2, 0.25) is 0 Å². The van der Waals surface area contributed by atoms with Crippen LogP contribution in [0.5, 0.6) is 5.75 Å². The predicted molar refractivity (Wildman–Crippen MR) is 74.1 cm³/mol. The summed E-state index contributed by atoms with van der Waals surface area (Å²) in [6.07, 6.45) is -0.746. The van der Waals surface area contributed by atoms with Crippen molar-refractivity contribution in [3.63, 3.8) is 0 Å². The largest absolute Gasteiger partial charge is 0.494 e. The normalized spacial score (nSPS) is 10.8. The third-order valence-corrected chi connectivity index (χ3v) is 2.11. The molecular weight excluding hydrogens is 264 g/mol. The quantitative estimate of drug-likeness (QED) is 0.675. The Labute approximate surface area is 117 Å². The summed E-state index contributed by atoms with van der Waals surface area (Å²) in [6.45, 7) is 7.30. The molecule has 1 rings (SSSR count). The molecule has 0 aliphatic heterocycles. The van der Waals surface area contributed by atoms with Gasteiger partial charge in [0.05, 0.1) is 17.6 Å². The lowest BCUT2D eigenvalue weighted by Crippen LogP contribution is -2.27. The summed E-state index contributed by atoms with van der Waals surface area (Å²) in [7, 11) is 0. The summed E-state index contributed by atoms with van der Waals surface area (Å²) < 4.78 is 10.2. The van der Waals surface area contributed by atoms with Crippen molar-refractivity contribution in [2.45, 2.75) is 33.3 Å². The van der Waals surface area contributed by atoms with Crippen molar-refractivity contribution in [1.82, 2.24) is 0 Å². The molecule has 0 aliphatic carbocycles. The molecule has 0 aromatic heterocycles. The molecule has 0 unspecified atom stereocenters. The van der Waals surface area contributed by atoms with Gasteiger partial charge >= 0.3 is 6.09 Å². The molecule has 0 radical (unpaired) electrons. The number of nitro groups is 1. The minimum absolute atomic E-state index is 0.0627. The highest BCUT2D eigenvalue weighted by molar-refractivity contribution is 5.88. The number of ether oxygens (including phenoxy) is 2. The summed E-state index contributed by atoms with van der Waals surface area (Å²) in [5, 5.41) is 13.4. The molecule has 1 amide bonds. The van der Waals surface area contributed by atoms with Gasteiger partial charge in [-0.1, -0.05) is 0 Å². The Bertz CT molecular complexity index is 508. The molecular formula is C13H18N2O5. The van der Waals surface area contributed by atoms with E-state index in [1.807, 2.05) is 0 Å². The van der Waals surface area contributed by atoms with E-state index in [9.17, 15) is 14.9 Å². The first kappa shape index (κ1) is 15.7. The molecule has 1 aromatic carbocycles. The van der Waals surface area contributed by atoms with E-state index in [1.54, 1.807) is 33.8 Å². The van der Waals surface area contributed by atoms with Gasteiger partial charge in [0.1, 0.15) is 17.0 Å². The van der Waals surface area contributed by atoms with Gasteiger partial charge in [-0.15, -0.1) is 0 Å². The summed E-state index contributed by atoms with van der Waals surface area (Å²) in [6, 6.07) is 4.21. The van der Waals surface area contributed by atoms with E-state index in [1.165, 1.54) is 12.1 Å². The third-order valence-electron chi connectivity index (χ3n) is 2.11. The number of benzene rings is 1. The molecule has 0 fully saturated rings. The van der Waals surface area contributed by atoms with Crippen LogP contribution in [-0.2, 0) is 4.74 Å². The van der Waals surface area contributed by atoms with Crippen LogP contribution in [0, 0.1) is 10.1 Å². The molecule has 0 heterocycles. The van der Waals surface area contributed by atoms with Crippen LogP contribution in [0.3, 0.4) is 0 Å². The number of nitro benzene ring substituents is 1. The summed E-state index contributed by atoms with van der Waals surface area (Å²) in [4.78, 5) is 22.0. The highest BCUT2D eigenvalue weighted by Crippen LogP contribution is 2.29. The molecule has 0 saturated carbocycles. The smallest absolute Gasteiger partial charge is 0.412 e. The maximum absolute atomic E-state index is 11.6. The SMILES string of the molecule is CCOc1ccc(NC(=O)OC(C)(C)C)c([N+](=O)[O-])c1. The minimum atomic E-state index is -0.746. The fourth-order valence-electron chi connectivity index (χ4n) is 1.44. The van der Waals surface area contributed by atoms with E-state index in [0.717, 1.165) is 0 Å². The topological polar surface area (TPSA) is 90.7 Å². The number of hydrogen-bond acceptors (Lipinski definition) is 5. The molecule has 7 nitrogen and oxygen atoms in total. The highest BCUT2D eigenvalue weighted by Gasteiger charge is 2.21. The van der Waals surface area contributed by atoms with E-state index < -0.39 is 16.6 Å². The Hall–Kier alpha value is -2.31. The molecule has 1 aromatic rings. The van der Waals surface area contributed by atoms with Gasteiger partial charge < -0.3 is 9.47 Å². The van der Waals surface area contributed by atoms with Gasteiger partial charge in [0, 0.05) is 0 Å². The number of rotatable bonds is 4. The number of nitrogens with zero attached hydrogens (tertiary/aromatic N) is 1. The Balaban J connectivity index is 2.94. The molecule has 20 heavy (non-hydrogen) atoms. The van der Waals surface area contributed by atoms with Crippen LogP contribution < -0.4 is 10.1 Å². The van der Waals surface area contributed by atoms with Crippen molar-refractivity contribution in [1.29, 1.82) is 0 Å².